The third-order valence-corrected chi connectivity index (χ3v) is 3.54. The molecule has 102 valence electrons. The Labute approximate surface area is 101 Å². The van der Waals surface area contributed by atoms with E-state index in [4.69, 9.17) is 0 Å². The van der Waals surface area contributed by atoms with Gasteiger partial charge in [-0.05, 0) is 45.2 Å². The van der Waals surface area contributed by atoms with Gasteiger partial charge in [-0.3, -0.25) is 0 Å². The molecule has 5 heteroatoms. The van der Waals surface area contributed by atoms with Crippen LogP contribution in [-0.4, -0.2) is 31.3 Å². The van der Waals surface area contributed by atoms with Crippen LogP contribution in [0.3, 0.4) is 0 Å². The maximum Gasteiger partial charge on any atom is 0.389 e. The van der Waals surface area contributed by atoms with Crippen molar-refractivity contribution in [2.24, 2.45) is 0 Å². The number of hydrogen-bond donors (Lipinski definition) is 2. The van der Waals surface area contributed by atoms with Crippen molar-refractivity contribution >= 4 is 0 Å². The predicted molar refractivity (Wildman–Crippen MR) is 63.0 cm³/mol. The van der Waals surface area contributed by atoms with Crippen molar-refractivity contribution in [3.8, 4) is 0 Å². The lowest BCUT2D eigenvalue weighted by Crippen LogP contribution is -2.48. The van der Waals surface area contributed by atoms with E-state index >= 15 is 0 Å². The third kappa shape index (κ3) is 5.73. The van der Waals surface area contributed by atoms with Gasteiger partial charge in [-0.1, -0.05) is 6.92 Å². The number of nitrogens with one attached hydrogen (secondary N) is 2. The van der Waals surface area contributed by atoms with Crippen LogP contribution in [0.5, 0.6) is 0 Å². The second kappa shape index (κ2) is 6.59. The quantitative estimate of drug-likeness (QED) is 0.681. The number of halogens is 3. The zero-order valence-electron chi connectivity index (χ0n) is 10.5. The summed E-state index contributed by atoms with van der Waals surface area (Å²) < 4.78 is 35.7. The predicted octanol–water partition coefficient (Wildman–Crippen LogP) is 2.84. The third-order valence-electron chi connectivity index (χ3n) is 3.54. The van der Waals surface area contributed by atoms with Crippen molar-refractivity contribution in [2.75, 3.05) is 19.6 Å². The first-order valence-electron chi connectivity index (χ1n) is 6.50. The monoisotopic (exact) mass is 252 g/mol. The summed E-state index contributed by atoms with van der Waals surface area (Å²) in [6.07, 6.45) is -0.406. The first kappa shape index (κ1) is 14.8. The molecule has 1 rings (SSSR count). The highest BCUT2D eigenvalue weighted by molar-refractivity contribution is 4.93. The van der Waals surface area contributed by atoms with Crippen LogP contribution >= 0.6 is 0 Å². The highest BCUT2D eigenvalue weighted by atomic mass is 19.4. The van der Waals surface area contributed by atoms with Gasteiger partial charge in [-0.25, -0.2) is 0 Å². The lowest BCUT2D eigenvalue weighted by Gasteiger charge is -2.28. The molecule has 2 nitrogen and oxygen atoms in total. The van der Waals surface area contributed by atoms with Crippen LogP contribution in [0.15, 0.2) is 0 Å². The molecule has 2 N–H and O–H groups in total. The maximum absolute atomic E-state index is 11.9. The minimum atomic E-state index is -4.00. The SMILES string of the molecule is CCC1(CNCCCCC(F)(F)F)CCCN1. The Kier molecular flexibility index (Phi) is 5.73. The number of alkyl halides is 3. The summed E-state index contributed by atoms with van der Waals surface area (Å²) >= 11 is 0. The zero-order chi connectivity index (χ0) is 12.8. The van der Waals surface area contributed by atoms with E-state index in [1.54, 1.807) is 0 Å². The fourth-order valence-corrected chi connectivity index (χ4v) is 2.35. The summed E-state index contributed by atoms with van der Waals surface area (Å²) in [5.74, 6) is 0. The van der Waals surface area contributed by atoms with Crippen molar-refractivity contribution < 1.29 is 13.2 Å². The molecule has 17 heavy (non-hydrogen) atoms. The van der Waals surface area contributed by atoms with Gasteiger partial charge < -0.3 is 10.6 Å². The normalized spacial score (nSPS) is 25.4. The van der Waals surface area contributed by atoms with Gasteiger partial charge in [0.1, 0.15) is 0 Å². The minimum absolute atomic E-state index is 0.185. The number of rotatable bonds is 7. The van der Waals surface area contributed by atoms with Gasteiger partial charge in [0.2, 0.25) is 0 Å². The van der Waals surface area contributed by atoms with Gasteiger partial charge >= 0.3 is 6.18 Å². The molecule has 0 bridgehead atoms. The molecule has 1 aliphatic rings. The molecule has 0 aromatic heterocycles. The summed E-state index contributed by atoms with van der Waals surface area (Å²) in [7, 11) is 0. The van der Waals surface area contributed by atoms with Crippen molar-refractivity contribution in [1.82, 2.24) is 10.6 Å². The highest BCUT2D eigenvalue weighted by Gasteiger charge is 2.30. The zero-order valence-corrected chi connectivity index (χ0v) is 10.5. The molecule has 0 radical (unpaired) electrons. The van der Waals surface area contributed by atoms with E-state index < -0.39 is 12.6 Å². The fourth-order valence-electron chi connectivity index (χ4n) is 2.35. The van der Waals surface area contributed by atoms with Crippen LogP contribution in [0.2, 0.25) is 0 Å². The van der Waals surface area contributed by atoms with E-state index in [9.17, 15) is 13.2 Å². The van der Waals surface area contributed by atoms with Crippen LogP contribution < -0.4 is 10.6 Å². The summed E-state index contributed by atoms with van der Waals surface area (Å²) in [5.41, 5.74) is 0.185. The summed E-state index contributed by atoms with van der Waals surface area (Å²) in [4.78, 5) is 0. The maximum atomic E-state index is 11.9. The molecule has 1 fully saturated rings. The molecule has 0 aromatic rings. The molecule has 0 spiro atoms. The van der Waals surface area contributed by atoms with E-state index in [1.165, 1.54) is 12.8 Å². The lowest BCUT2D eigenvalue weighted by molar-refractivity contribution is -0.135. The molecule has 1 aliphatic heterocycles. The number of hydrogen-bond acceptors (Lipinski definition) is 2. The smallest absolute Gasteiger partial charge is 0.315 e. The Bertz CT molecular complexity index is 210. The Balaban J connectivity index is 2.04. The fraction of sp³-hybridized carbons (Fsp3) is 1.00. The van der Waals surface area contributed by atoms with Crippen molar-refractivity contribution in [1.29, 1.82) is 0 Å². The summed E-state index contributed by atoms with van der Waals surface area (Å²) in [6, 6.07) is 0. The molecule has 1 saturated heterocycles. The van der Waals surface area contributed by atoms with Gasteiger partial charge in [0.25, 0.3) is 0 Å². The first-order valence-corrected chi connectivity index (χ1v) is 6.50. The largest absolute Gasteiger partial charge is 0.389 e. The van der Waals surface area contributed by atoms with Crippen LogP contribution in [0.1, 0.15) is 45.4 Å². The Hall–Kier alpha value is -0.290. The van der Waals surface area contributed by atoms with E-state index in [0.717, 1.165) is 19.5 Å². The van der Waals surface area contributed by atoms with Crippen LogP contribution in [0, 0.1) is 0 Å². The van der Waals surface area contributed by atoms with E-state index in [1.807, 2.05) is 0 Å². The van der Waals surface area contributed by atoms with Gasteiger partial charge in [0.05, 0.1) is 0 Å². The van der Waals surface area contributed by atoms with Gasteiger partial charge in [0, 0.05) is 18.5 Å². The molecule has 0 aromatic carbocycles. The second-order valence-electron chi connectivity index (χ2n) is 4.91. The van der Waals surface area contributed by atoms with Gasteiger partial charge in [0.15, 0.2) is 0 Å². The standard InChI is InChI=1S/C12H23F3N2/c1-2-11(6-5-9-17-11)10-16-8-4-3-7-12(13,14)15/h16-17H,2-10H2,1H3. The topological polar surface area (TPSA) is 24.1 Å². The first-order chi connectivity index (χ1) is 7.97. The molecule has 0 amide bonds. The average molecular weight is 252 g/mol. The van der Waals surface area contributed by atoms with E-state index in [-0.39, 0.29) is 12.0 Å². The summed E-state index contributed by atoms with van der Waals surface area (Å²) in [5, 5.41) is 6.77. The molecular weight excluding hydrogens is 229 g/mol. The molecule has 1 unspecified atom stereocenters. The molecule has 1 atom stereocenters. The molecule has 0 aliphatic carbocycles. The van der Waals surface area contributed by atoms with E-state index in [2.05, 4.69) is 17.6 Å². The minimum Gasteiger partial charge on any atom is -0.315 e. The summed E-state index contributed by atoms with van der Waals surface area (Å²) in [6.45, 7) is 4.77. The van der Waals surface area contributed by atoms with Gasteiger partial charge in [-0.2, -0.15) is 13.2 Å². The highest BCUT2D eigenvalue weighted by Crippen LogP contribution is 2.23. The Morgan fingerprint density at radius 3 is 2.59 bits per heavy atom. The Morgan fingerprint density at radius 1 is 1.29 bits per heavy atom. The average Bonchev–Trinajstić information content (AvgIpc) is 2.71. The lowest BCUT2D eigenvalue weighted by atomic mass is 9.94. The molecule has 0 saturated carbocycles. The van der Waals surface area contributed by atoms with Crippen molar-refractivity contribution in [3.05, 3.63) is 0 Å². The van der Waals surface area contributed by atoms with Crippen LogP contribution in [0.25, 0.3) is 0 Å². The van der Waals surface area contributed by atoms with Crippen molar-refractivity contribution in [3.63, 3.8) is 0 Å². The van der Waals surface area contributed by atoms with Gasteiger partial charge in [-0.15, -0.1) is 0 Å². The number of unbranched alkanes of at least 4 members (excludes halogenated alkanes) is 1. The van der Waals surface area contributed by atoms with Crippen LogP contribution in [-0.2, 0) is 0 Å². The van der Waals surface area contributed by atoms with Crippen LogP contribution in [0.4, 0.5) is 13.2 Å². The van der Waals surface area contributed by atoms with Crippen molar-refractivity contribution in [2.45, 2.75) is 57.2 Å². The Morgan fingerprint density at radius 2 is 2.06 bits per heavy atom. The van der Waals surface area contributed by atoms with E-state index in [0.29, 0.717) is 13.0 Å². The second-order valence-corrected chi connectivity index (χ2v) is 4.91. The molecule has 1 heterocycles. The molecular formula is C12H23F3N2.